The molecule has 0 unspecified atom stereocenters. The zero-order chi connectivity index (χ0) is 14.7. The highest BCUT2D eigenvalue weighted by Gasteiger charge is 2.16. The van der Waals surface area contributed by atoms with E-state index in [0.717, 1.165) is 42.5 Å². The van der Waals surface area contributed by atoms with Gasteiger partial charge in [0.05, 0.1) is 6.61 Å². The van der Waals surface area contributed by atoms with Gasteiger partial charge in [-0.1, -0.05) is 12.1 Å². The molecule has 1 aliphatic rings. The summed E-state index contributed by atoms with van der Waals surface area (Å²) < 4.78 is 7.21. The normalized spacial score (nSPS) is 16.2. The van der Waals surface area contributed by atoms with Gasteiger partial charge in [0.2, 0.25) is 5.91 Å². The van der Waals surface area contributed by atoms with E-state index >= 15 is 0 Å². The zero-order valence-electron chi connectivity index (χ0n) is 11.9. The Morgan fingerprint density at radius 3 is 2.90 bits per heavy atom. The zero-order valence-corrected chi connectivity index (χ0v) is 11.9. The number of hydrogen-bond donors (Lipinski definition) is 2. The van der Waals surface area contributed by atoms with Crippen molar-refractivity contribution in [3.63, 3.8) is 0 Å². The summed E-state index contributed by atoms with van der Waals surface area (Å²) in [5, 5.41) is 13.4. The van der Waals surface area contributed by atoms with E-state index < -0.39 is 0 Å². The Hall–Kier alpha value is -1.85. The lowest BCUT2D eigenvalue weighted by molar-refractivity contribution is -0.122. The molecule has 21 heavy (non-hydrogen) atoms. The van der Waals surface area contributed by atoms with Gasteiger partial charge in [0.1, 0.15) is 6.54 Å². The van der Waals surface area contributed by atoms with Crippen LogP contribution in [0.15, 0.2) is 30.5 Å². The molecule has 0 atom stereocenters. The van der Waals surface area contributed by atoms with Gasteiger partial charge in [-0.25, -0.2) is 0 Å². The molecule has 0 spiro atoms. The van der Waals surface area contributed by atoms with Crippen molar-refractivity contribution in [2.24, 2.45) is 0 Å². The third kappa shape index (κ3) is 3.25. The summed E-state index contributed by atoms with van der Waals surface area (Å²) in [7, 11) is 0. The fourth-order valence-electron chi connectivity index (χ4n) is 2.74. The predicted octanol–water partition coefficient (Wildman–Crippen LogP) is 1.43. The molecule has 0 bridgehead atoms. The number of amides is 1. The van der Waals surface area contributed by atoms with Crippen LogP contribution in [0, 0.1) is 0 Å². The Balaban J connectivity index is 1.70. The van der Waals surface area contributed by atoms with E-state index in [0.29, 0.717) is 6.54 Å². The van der Waals surface area contributed by atoms with Gasteiger partial charge in [0.15, 0.2) is 0 Å². The molecule has 2 heterocycles. The van der Waals surface area contributed by atoms with Gasteiger partial charge >= 0.3 is 0 Å². The third-order valence-corrected chi connectivity index (χ3v) is 3.92. The van der Waals surface area contributed by atoms with Crippen molar-refractivity contribution in [3.8, 4) is 0 Å². The minimum Gasteiger partial charge on any atom is -0.392 e. The first kappa shape index (κ1) is 14.1. The molecule has 5 heteroatoms. The molecule has 1 aromatic carbocycles. The molecular weight excluding hydrogens is 268 g/mol. The van der Waals surface area contributed by atoms with Gasteiger partial charge in [0, 0.05) is 31.0 Å². The maximum absolute atomic E-state index is 12.2. The van der Waals surface area contributed by atoms with Crippen molar-refractivity contribution in [2.75, 3.05) is 13.2 Å². The van der Waals surface area contributed by atoms with Crippen LogP contribution in [-0.2, 0) is 22.7 Å². The van der Waals surface area contributed by atoms with E-state index in [4.69, 9.17) is 4.74 Å². The summed E-state index contributed by atoms with van der Waals surface area (Å²) in [4.78, 5) is 12.2. The maximum atomic E-state index is 12.2. The number of aromatic nitrogens is 1. The number of ether oxygens (including phenoxy) is 1. The number of nitrogens with zero attached hydrogens (tertiary/aromatic N) is 1. The number of aliphatic hydroxyl groups is 1. The van der Waals surface area contributed by atoms with E-state index in [-0.39, 0.29) is 18.6 Å². The highest BCUT2D eigenvalue weighted by atomic mass is 16.5. The highest BCUT2D eigenvalue weighted by molar-refractivity contribution is 5.83. The Bertz CT molecular complexity index is 629. The molecular formula is C16H20N2O3. The number of rotatable bonds is 4. The largest absolute Gasteiger partial charge is 0.392 e. The highest BCUT2D eigenvalue weighted by Crippen LogP contribution is 2.18. The van der Waals surface area contributed by atoms with Crippen LogP contribution in [-0.4, -0.2) is 34.8 Å². The fraction of sp³-hybridized carbons (Fsp3) is 0.438. The van der Waals surface area contributed by atoms with Gasteiger partial charge < -0.3 is 19.7 Å². The molecule has 1 fully saturated rings. The lowest BCUT2D eigenvalue weighted by Crippen LogP contribution is -2.40. The number of benzene rings is 1. The molecule has 0 aliphatic carbocycles. The quantitative estimate of drug-likeness (QED) is 0.894. The lowest BCUT2D eigenvalue weighted by Gasteiger charge is -2.23. The molecule has 1 amide bonds. The fourth-order valence-corrected chi connectivity index (χ4v) is 2.74. The molecule has 0 saturated carbocycles. The van der Waals surface area contributed by atoms with Crippen LogP contribution in [0.4, 0.5) is 0 Å². The van der Waals surface area contributed by atoms with Crippen molar-refractivity contribution >= 4 is 16.8 Å². The number of carbonyl (C=O) groups is 1. The van der Waals surface area contributed by atoms with Gasteiger partial charge in [-0.05, 0) is 35.9 Å². The number of carbonyl (C=O) groups excluding carboxylic acids is 1. The second kappa shape index (κ2) is 6.28. The third-order valence-electron chi connectivity index (χ3n) is 3.92. The molecule has 2 N–H and O–H groups in total. The van der Waals surface area contributed by atoms with Crippen LogP contribution >= 0.6 is 0 Å². The van der Waals surface area contributed by atoms with E-state index in [1.54, 1.807) is 0 Å². The number of fused-ring (bicyclic) bond motifs is 1. The van der Waals surface area contributed by atoms with Crippen molar-refractivity contribution in [3.05, 3.63) is 36.0 Å². The van der Waals surface area contributed by atoms with E-state index in [2.05, 4.69) is 5.32 Å². The summed E-state index contributed by atoms with van der Waals surface area (Å²) >= 11 is 0. The Morgan fingerprint density at radius 2 is 2.14 bits per heavy atom. The summed E-state index contributed by atoms with van der Waals surface area (Å²) in [5.41, 5.74) is 1.83. The van der Waals surface area contributed by atoms with Gasteiger partial charge in [0.25, 0.3) is 0 Å². The Morgan fingerprint density at radius 1 is 1.33 bits per heavy atom. The van der Waals surface area contributed by atoms with Crippen LogP contribution < -0.4 is 5.32 Å². The van der Waals surface area contributed by atoms with Crippen molar-refractivity contribution in [1.29, 1.82) is 0 Å². The van der Waals surface area contributed by atoms with Crippen LogP contribution in [0.1, 0.15) is 18.4 Å². The van der Waals surface area contributed by atoms with E-state index in [1.807, 2.05) is 35.0 Å². The first-order valence-corrected chi connectivity index (χ1v) is 7.32. The molecule has 112 valence electrons. The molecule has 1 aliphatic heterocycles. The van der Waals surface area contributed by atoms with Gasteiger partial charge in [-0.15, -0.1) is 0 Å². The summed E-state index contributed by atoms with van der Waals surface area (Å²) in [6, 6.07) is 8.00. The lowest BCUT2D eigenvalue weighted by atomic mass is 10.1. The topological polar surface area (TPSA) is 63.5 Å². The van der Waals surface area contributed by atoms with Gasteiger partial charge in [-0.3, -0.25) is 4.79 Å². The van der Waals surface area contributed by atoms with Gasteiger partial charge in [-0.2, -0.15) is 0 Å². The number of hydrogen-bond acceptors (Lipinski definition) is 3. The van der Waals surface area contributed by atoms with Crippen LogP contribution in [0.25, 0.3) is 10.9 Å². The van der Waals surface area contributed by atoms with Crippen molar-refractivity contribution < 1.29 is 14.6 Å². The second-order valence-corrected chi connectivity index (χ2v) is 5.45. The standard InChI is InChI=1S/C16H20N2O3/c19-11-12-1-2-13-3-6-18(15(13)9-12)10-16(20)17-14-4-7-21-8-5-14/h1-3,6,9,14,19H,4-5,7-8,10-11H2,(H,17,20). The number of nitrogens with one attached hydrogen (secondary N) is 1. The molecule has 1 aromatic heterocycles. The average Bonchev–Trinajstić information content (AvgIpc) is 2.90. The number of aliphatic hydroxyl groups excluding tert-OH is 1. The predicted molar refractivity (Wildman–Crippen MR) is 79.8 cm³/mol. The minimum absolute atomic E-state index is 0.00932. The smallest absolute Gasteiger partial charge is 0.240 e. The van der Waals surface area contributed by atoms with Crippen LogP contribution in [0.3, 0.4) is 0 Å². The summed E-state index contributed by atoms with van der Waals surface area (Å²) in [6.07, 6.45) is 3.68. The minimum atomic E-state index is 0.00932. The second-order valence-electron chi connectivity index (χ2n) is 5.45. The molecule has 0 radical (unpaired) electrons. The molecule has 2 aromatic rings. The summed E-state index contributed by atoms with van der Waals surface area (Å²) in [6.45, 7) is 1.75. The van der Waals surface area contributed by atoms with E-state index in [9.17, 15) is 9.90 Å². The molecule has 3 rings (SSSR count). The monoisotopic (exact) mass is 288 g/mol. The van der Waals surface area contributed by atoms with Crippen LogP contribution in [0.5, 0.6) is 0 Å². The SMILES string of the molecule is O=C(Cn1ccc2ccc(CO)cc21)NC1CCOCC1. The first-order chi connectivity index (χ1) is 10.3. The maximum Gasteiger partial charge on any atom is 0.240 e. The molecule has 5 nitrogen and oxygen atoms in total. The Labute approximate surface area is 123 Å². The van der Waals surface area contributed by atoms with Crippen molar-refractivity contribution in [2.45, 2.75) is 32.0 Å². The van der Waals surface area contributed by atoms with E-state index in [1.165, 1.54) is 0 Å². The average molecular weight is 288 g/mol. The molecule has 1 saturated heterocycles. The van der Waals surface area contributed by atoms with Crippen molar-refractivity contribution in [1.82, 2.24) is 9.88 Å². The Kier molecular flexibility index (Phi) is 4.22. The van der Waals surface area contributed by atoms with Crippen LogP contribution in [0.2, 0.25) is 0 Å². The first-order valence-electron chi connectivity index (χ1n) is 7.32. The summed E-state index contributed by atoms with van der Waals surface area (Å²) in [5.74, 6) is 0.0220.